The molecule has 0 aliphatic rings. The van der Waals surface area contributed by atoms with Crippen molar-refractivity contribution < 1.29 is 4.74 Å². The molecule has 0 radical (unpaired) electrons. The van der Waals surface area contributed by atoms with Crippen molar-refractivity contribution in [2.75, 3.05) is 0 Å². The van der Waals surface area contributed by atoms with Crippen LogP contribution in [0.1, 0.15) is 16.7 Å². The van der Waals surface area contributed by atoms with E-state index in [-0.39, 0.29) is 0 Å². The fourth-order valence-electron chi connectivity index (χ4n) is 1.74. The lowest BCUT2D eigenvalue weighted by atomic mass is 10.1. The maximum absolute atomic E-state index is 8.85. The van der Waals surface area contributed by atoms with Crippen LogP contribution in [0.15, 0.2) is 46.9 Å². The van der Waals surface area contributed by atoms with Crippen molar-refractivity contribution >= 4 is 15.9 Å². The number of nitriles is 1. The zero-order valence-electron chi connectivity index (χ0n) is 10.3. The van der Waals surface area contributed by atoms with Crippen molar-refractivity contribution in [1.82, 2.24) is 0 Å². The molecule has 0 amide bonds. The molecule has 0 unspecified atom stereocenters. The van der Waals surface area contributed by atoms with E-state index in [2.05, 4.69) is 22.0 Å². The van der Waals surface area contributed by atoms with E-state index in [1.54, 1.807) is 6.07 Å². The second-order valence-corrected chi connectivity index (χ2v) is 4.97. The van der Waals surface area contributed by atoms with Crippen molar-refractivity contribution in [1.29, 1.82) is 5.26 Å². The van der Waals surface area contributed by atoms with Crippen LogP contribution in [0.2, 0.25) is 0 Å². The first-order chi connectivity index (χ1) is 9.22. The molecule has 0 spiro atoms. The van der Waals surface area contributed by atoms with Gasteiger partial charge >= 0.3 is 0 Å². The Balaban J connectivity index is 2.12. The smallest absolute Gasteiger partial charge is 0.124 e. The Bertz CT molecular complexity index is 620. The second-order valence-electron chi connectivity index (χ2n) is 4.06. The monoisotopic (exact) mass is 316 g/mol. The number of nitrogens with two attached hydrogens (primary N) is 1. The van der Waals surface area contributed by atoms with E-state index in [1.807, 2.05) is 36.4 Å². The fourth-order valence-corrected chi connectivity index (χ4v) is 2.15. The molecule has 0 atom stereocenters. The molecule has 96 valence electrons. The minimum Gasteiger partial charge on any atom is -0.489 e. The lowest BCUT2D eigenvalue weighted by Gasteiger charge is -2.11. The highest BCUT2D eigenvalue weighted by Crippen LogP contribution is 2.23. The van der Waals surface area contributed by atoms with Crippen LogP contribution < -0.4 is 10.5 Å². The number of halogens is 1. The lowest BCUT2D eigenvalue weighted by Crippen LogP contribution is -2.03. The average molecular weight is 317 g/mol. The summed E-state index contributed by atoms with van der Waals surface area (Å²) in [5.74, 6) is 0.771. The van der Waals surface area contributed by atoms with Gasteiger partial charge in [-0.3, -0.25) is 0 Å². The molecule has 2 aromatic carbocycles. The third-order valence-electron chi connectivity index (χ3n) is 2.69. The Morgan fingerprint density at radius 2 is 2.05 bits per heavy atom. The summed E-state index contributed by atoms with van der Waals surface area (Å²) < 4.78 is 6.74. The van der Waals surface area contributed by atoms with Gasteiger partial charge in [-0.2, -0.15) is 5.26 Å². The Kier molecular flexibility index (Phi) is 4.56. The van der Waals surface area contributed by atoms with Gasteiger partial charge in [0.15, 0.2) is 0 Å². The molecule has 0 aliphatic heterocycles. The summed E-state index contributed by atoms with van der Waals surface area (Å²) in [6.45, 7) is 0.844. The highest BCUT2D eigenvalue weighted by atomic mass is 79.9. The molecule has 0 heterocycles. The van der Waals surface area contributed by atoms with Gasteiger partial charge in [0.2, 0.25) is 0 Å². The third kappa shape index (κ3) is 3.57. The molecule has 0 saturated heterocycles. The van der Waals surface area contributed by atoms with Crippen molar-refractivity contribution in [3.8, 4) is 11.8 Å². The van der Waals surface area contributed by atoms with Crippen LogP contribution in [0.25, 0.3) is 0 Å². The van der Waals surface area contributed by atoms with Gasteiger partial charge in [0.1, 0.15) is 12.4 Å². The number of rotatable bonds is 4. The summed E-state index contributed by atoms with van der Waals surface area (Å²) in [7, 11) is 0. The molecule has 0 saturated carbocycles. The van der Waals surface area contributed by atoms with Crippen molar-refractivity contribution in [2.45, 2.75) is 13.2 Å². The number of benzene rings is 2. The molecule has 19 heavy (non-hydrogen) atoms. The summed E-state index contributed by atoms with van der Waals surface area (Å²) in [6, 6.07) is 15.2. The number of nitrogens with zero attached hydrogens (tertiary/aromatic N) is 1. The first kappa shape index (κ1) is 13.6. The Labute approximate surface area is 120 Å². The summed E-state index contributed by atoms with van der Waals surface area (Å²) in [4.78, 5) is 0. The van der Waals surface area contributed by atoms with E-state index in [1.165, 1.54) is 0 Å². The molecule has 0 aliphatic carbocycles. The largest absolute Gasteiger partial charge is 0.489 e. The zero-order chi connectivity index (χ0) is 13.7. The van der Waals surface area contributed by atoms with E-state index in [4.69, 9.17) is 15.7 Å². The maximum Gasteiger partial charge on any atom is 0.124 e. The van der Waals surface area contributed by atoms with Crippen molar-refractivity contribution in [3.05, 3.63) is 63.6 Å². The van der Waals surface area contributed by atoms with Gasteiger partial charge in [0.25, 0.3) is 0 Å². The van der Waals surface area contributed by atoms with Gasteiger partial charge in [-0.25, -0.2) is 0 Å². The Morgan fingerprint density at radius 3 is 2.79 bits per heavy atom. The van der Waals surface area contributed by atoms with Gasteiger partial charge < -0.3 is 10.5 Å². The number of ether oxygens (including phenoxy) is 1. The molecule has 0 aromatic heterocycles. The molecule has 0 fully saturated rings. The highest BCUT2D eigenvalue weighted by Gasteiger charge is 2.04. The quantitative estimate of drug-likeness (QED) is 0.940. The minimum atomic E-state index is 0.421. The molecule has 0 bridgehead atoms. The van der Waals surface area contributed by atoms with E-state index in [0.717, 1.165) is 21.3 Å². The summed E-state index contributed by atoms with van der Waals surface area (Å²) in [5, 5.41) is 8.85. The highest BCUT2D eigenvalue weighted by molar-refractivity contribution is 9.10. The van der Waals surface area contributed by atoms with Crippen LogP contribution in [0.4, 0.5) is 0 Å². The molecule has 2 rings (SSSR count). The predicted molar refractivity (Wildman–Crippen MR) is 77.5 cm³/mol. The maximum atomic E-state index is 8.85. The molecule has 2 N–H and O–H groups in total. The minimum absolute atomic E-state index is 0.421. The molecular formula is C15H13BrN2O. The van der Waals surface area contributed by atoms with Crippen LogP contribution in [0.5, 0.6) is 5.75 Å². The number of hydrogen-bond donors (Lipinski definition) is 1. The van der Waals surface area contributed by atoms with Crippen LogP contribution >= 0.6 is 15.9 Å². The summed E-state index contributed by atoms with van der Waals surface area (Å²) >= 11 is 3.40. The molecule has 3 nitrogen and oxygen atoms in total. The van der Waals surface area contributed by atoms with Crippen LogP contribution in [-0.2, 0) is 13.2 Å². The first-order valence-corrected chi connectivity index (χ1v) is 6.62. The van der Waals surface area contributed by atoms with E-state index in [9.17, 15) is 0 Å². The van der Waals surface area contributed by atoms with Gasteiger partial charge in [-0.15, -0.1) is 0 Å². The number of hydrogen-bond acceptors (Lipinski definition) is 3. The summed E-state index contributed by atoms with van der Waals surface area (Å²) in [5.41, 5.74) is 8.24. The van der Waals surface area contributed by atoms with Crippen LogP contribution in [0.3, 0.4) is 0 Å². The fraction of sp³-hybridized carbons (Fsp3) is 0.133. The van der Waals surface area contributed by atoms with E-state index in [0.29, 0.717) is 18.7 Å². The second kappa shape index (κ2) is 6.37. The van der Waals surface area contributed by atoms with Gasteiger partial charge in [0.05, 0.1) is 11.6 Å². The van der Waals surface area contributed by atoms with Crippen molar-refractivity contribution in [2.24, 2.45) is 5.73 Å². The van der Waals surface area contributed by atoms with E-state index < -0.39 is 0 Å². The third-order valence-corrected chi connectivity index (χ3v) is 3.19. The zero-order valence-corrected chi connectivity index (χ0v) is 11.9. The SMILES string of the molecule is N#Cc1cccc(COc2ccc(Br)cc2CN)c1. The van der Waals surface area contributed by atoms with Crippen LogP contribution in [-0.4, -0.2) is 0 Å². The first-order valence-electron chi connectivity index (χ1n) is 5.83. The Hall–Kier alpha value is -1.83. The average Bonchev–Trinajstić information content (AvgIpc) is 2.46. The predicted octanol–water partition coefficient (Wildman–Crippen LogP) is 3.36. The van der Waals surface area contributed by atoms with E-state index >= 15 is 0 Å². The van der Waals surface area contributed by atoms with Gasteiger partial charge in [-0.05, 0) is 35.9 Å². The molecular weight excluding hydrogens is 304 g/mol. The lowest BCUT2D eigenvalue weighted by molar-refractivity contribution is 0.303. The topological polar surface area (TPSA) is 59.0 Å². The summed E-state index contributed by atoms with van der Waals surface area (Å²) in [6.07, 6.45) is 0. The molecule has 4 heteroatoms. The standard InChI is InChI=1S/C15H13BrN2O/c16-14-4-5-15(13(7-14)9-18)19-10-12-3-1-2-11(6-12)8-17/h1-7H,9-10,18H2. The molecule has 2 aromatic rings. The van der Waals surface area contributed by atoms with Crippen LogP contribution in [0, 0.1) is 11.3 Å². The van der Waals surface area contributed by atoms with Crippen molar-refractivity contribution in [3.63, 3.8) is 0 Å². The Morgan fingerprint density at radius 1 is 1.21 bits per heavy atom. The normalized spacial score (nSPS) is 9.95. The van der Waals surface area contributed by atoms with Gasteiger partial charge in [-0.1, -0.05) is 28.1 Å². The van der Waals surface area contributed by atoms with Gasteiger partial charge in [0, 0.05) is 16.6 Å².